The SMILES string of the molecule is CC1(C)OB(c2ccc3c(c2)NC=N[C@]3(C#CC2CC2)C(C)(F)F)OC1(C)C. The molecule has 0 spiro atoms. The average molecular weight is 386 g/mol. The summed E-state index contributed by atoms with van der Waals surface area (Å²) in [6, 6.07) is 5.23. The topological polar surface area (TPSA) is 42.8 Å². The van der Waals surface area contributed by atoms with Crippen LogP contribution in [0.25, 0.3) is 0 Å². The molecule has 148 valence electrons. The van der Waals surface area contributed by atoms with Crippen molar-refractivity contribution in [3.05, 3.63) is 23.8 Å². The van der Waals surface area contributed by atoms with Crippen molar-refractivity contribution in [3.63, 3.8) is 0 Å². The van der Waals surface area contributed by atoms with E-state index >= 15 is 0 Å². The van der Waals surface area contributed by atoms with Gasteiger partial charge >= 0.3 is 7.12 Å². The summed E-state index contributed by atoms with van der Waals surface area (Å²) in [5.41, 5.74) is -1.14. The molecule has 0 bridgehead atoms. The molecule has 2 heterocycles. The lowest BCUT2D eigenvalue weighted by atomic mass is 9.75. The molecule has 2 aliphatic heterocycles. The fourth-order valence-corrected chi connectivity index (χ4v) is 3.38. The monoisotopic (exact) mass is 386 g/mol. The van der Waals surface area contributed by atoms with Gasteiger partial charge in [0.05, 0.1) is 17.5 Å². The first kappa shape index (κ1) is 19.4. The van der Waals surface area contributed by atoms with Crippen LogP contribution < -0.4 is 10.8 Å². The van der Waals surface area contributed by atoms with Gasteiger partial charge in [0.2, 0.25) is 5.54 Å². The Kier molecular flexibility index (Phi) is 4.19. The first-order valence-corrected chi connectivity index (χ1v) is 9.66. The van der Waals surface area contributed by atoms with Crippen LogP contribution in [-0.4, -0.2) is 30.6 Å². The highest BCUT2D eigenvalue weighted by atomic mass is 19.3. The van der Waals surface area contributed by atoms with E-state index in [0.717, 1.165) is 25.2 Å². The van der Waals surface area contributed by atoms with Gasteiger partial charge in [-0.3, -0.25) is 0 Å². The molecule has 4 nitrogen and oxygen atoms in total. The highest BCUT2D eigenvalue weighted by molar-refractivity contribution is 6.62. The molecule has 0 aromatic heterocycles. The third-order valence-electron chi connectivity index (χ3n) is 6.11. The molecule has 7 heteroatoms. The molecule has 1 aliphatic carbocycles. The van der Waals surface area contributed by atoms with Gasteiger partial charge in [0.1, 0.15) is 0 Å². The van der Waals surface area contributed by atoms with Gasteiger partial charge in [0.25, 0.3) is 5.92 Å². The zero-order chi connectivity index (χ0) is 20.4. The Morgan fingerprint density at radius 2 is 1.82 bits per heavy atom. The minimum absolute atomic E-state index is 0.205. The lowest BCUT2D eigenvalue weighted by Gasteiger charge is -2.35. The maximum Gasteiger partial charge on any atom is 0.494 e. The predicted octanol–water partition coefficient (Wildman–Crippen LogP) is 3.70. The van der Waals surface area contributed by atoms with Gasteiger partial charge in [0, 0.05) is 24.1 Å². The number of nitrogens with zero attached hydrogens (tertiary/aromatic N) is 1. The van der Waals surface area contributed by atoms with E-state index < -0.39 is 29.8 Å². The van der Waals surface area contributed by atoms with Crippen molar-refractivity contribution in [1.82, 2.24) is 0 Å². The predicted molar refractivity (Wildman–Crippen MR) is 107 cm³/mol. The zero-order valence-corrected chi connectivity index (χ0v) is 16.9. The van der Waals surface area contributed by atoms with Crippen LogP contribution in [0.3, 0.4) is 0 Å². The molecule has 1 saturated heterocycles. The molecular formula is C21H25BF2N2O2. The van der Waals surface area contributed by atoms with E-state index in [1.165, 1.54) is 6.34 Å². The number of benzene rings is 1. The van der Waals surface area contributed by atoms with E-state index in [0.29, 0.717) is 11.3 Å². The number of anilines is 1. The second-order valence-electron chi connectivity index (χ2n) is 8.94. The van der Waals surface area contributed by atoms with Crippen LogP contribution in [0, 0.1) is 17.8 Å². The van der Waals surface area contributed by atoms with Crippen molar-refractivity contribution in [2.75, 3.05) is 5.32 Å². The largest absolute Gasteiger partial charge is 0.494 e. The van der Waals surface area contributed by atoms with Crippen LogP contribution in [-0.2, 0) is 14.8 Å². The molecular weight excluding hydrogens is 361 g/mol. The molecule has 0 radical (unpaired) electrons. The molecule has 1 atom stereocenters. The first-order chi connectivity index (χ1) is 13.0. The van der Waals surface area contributed by atoms with Crippen LogP contribution in [0.2, 0.25) is 0 Å². The Morgan fingerprint density at radius 1 is 1.18 bits per heavy atom. The van der Waals surface area contributed by atoms with E-state index in [4.69, 9.17) is 9.31 Å². The molecule has 1 N–H and O–H groups in total. The molecule has 3 aliphatic rings. The number of rotatable bonds is 2. The molecule has 0 amide bonds. The number of aliphatic imine (C=N–C) groups is 1. The van der Waals surface area contributed by atoms with Gasteiger partial charge in [-0.25, -0.2) is 13.8 Å². The van der Waals surface area contributed by atoms with Gasteiger partial charge in [0.15, 0.2) is 0 Å². The second kappa shape index (κ2) is 6.04. The van der Waals surface area contributed by atoms with Crippen LogP contribution >= 0.6 is 0 Å². The maximum absolute atomic E-state index is 14.7. The Balaban J connectivity index is 1.74. The minimum Gasteiger partial charge on any atom is -0.399 e. The van der Waals surface area contributed by atoms with Crippen LogP contribution in [0.1, 0.15) is 53.0 Å². The smallest absolute Gasteiger partial charge is 0.399 e. The highest BCUT2D eigenvalue weighted by Gasteiger charge is 2.54. The van der Waals surface area contributed by atoms with Gasteiger partial charge in [-0.2, -0.15) is 0 Å². The summed E-state index contributed by atoms with van der Waals surface area (Å²) < 4.78 is 41.6. The van der Waals surface area contributed by atoms with E-state index in [2.05, 4.69) is 22.2 Å². The van der Waals surface area contributed by atoms with Gasteiger partial charge in [-0.15, -0.1) is 0 Å². The van der Waals surface area contributed by atoms with Crippen molar-refractivity contribution in [2.24, 2.45) is 10.9 Å². The van der Waals surface area contributed by atoms with Crippen molar-refractivity contribution in [1.29, 1.82) is 0 Å². The third kappa shape index (κ3) is 3.03. The summed E-state index contributed by atoms with van der Waals surface area (Å²) >= 11 is 0. The summed E-state index contributed by atoms with van der Waals surface area (Å²) in [6.45, 7) is 8.79. The lowest BCUT2D eigenvalue weighted by molar-refractivity contribution is -0.0339. The number of alkyl halides is 2. The van der Waals surface area contributed by atoms with Crippen molar-refractivity contribution in [2.45, 2.75) is 70.1 Å². The molecule has 28 heavy (non-hydrogen) atoms. The van der Waals surface area contributed by atoms with Crippen molar-refractivity contribution >= 4 is 24.6 Å². The average Bonchev–Trinajstić information content (AvgIpc) is 3.38. The lowest BCUT2D eigenvalue weighted by Crippen LogP contribution is -2.44. The number of halogens is 2. The molecule has 1 saturated carbocycles. The zero-order valence-electron chi connectivity index (χ0n) is 16.9. The molecule has 2 fully saturated rings. The standard InChI is InChI=1S/C21H25BF2N2O2/c1-18(2)19(3,4)28-22(27-18)15-8-9-16-17(12-15)25-13-26-21(16,20(5,23)24)11-10-14-6-7-14/h8-9,12-14H,6-7H2,1-5H3,(H,25,26)/t21-/m0/s1. The van der Waals surface area contributed by atoms with Crippen LogP contribution in [0.5, 0.6) is 0 Å². The van der Waals surface area contributed by atoms with Gasteiger partial charge in [-0.1, -0.05) is 24.0 Å². The Bertz CT molecular complexity index is 878. The Morgan fingerprint density at radius 3 is 2.39 bits per heavy atom. The summed E-state index contributed by atoms with van der Waals surface area (Å²) in [5.74, 6) is 2.87. The maximum atomic E-state index is 14.7. The second-order valence-corrected chi connectivity index (χ2v) is 8.94. The third-order valence-corrected chi connectivity index (χ3v) is 6.11. The number of fused-ring (bicyclic) bond motifs is 1. The molecule has 4 rings (SSSR count). The summed E-state index contributed by atoms with van der Waals surface area (Å²) in [7, 11) is -0.565. The van der Waals surface area contributed by atoms with Gasteiger partial charge < -0.3 is 14.6 Å². The fourth-order valence-electron chi connectivity index (χ4n) is 3.38. The Hall–Kier alpha value is -1.91. The van der Waals surface area contributed by atoms with Crippen molar-refractivity contribution in [3.8, 4) is 11.8 Å². The van der Waals surface area contributed by atoms with Crippen molar-refractivity contribution < 1.29 is 18.1 Å². The van der Waals surface area contributed by atoms with Crippen LogP contribution in [0.4, 0.5) is 14.5 Å². The molecule has 1 aromatic rings. The molecule has 1 aromatic carbocycles. The van der Waals surface area contributed by atoms with E-state index in [-0.39, 0.29) is 5.92 Å². The van der Waals surface area contributed by atoms with E-state index in [9.17, 15) is 8.78 Å². The normalized spacial score (nSPS) is 27.6. The first-order valence-electron chi connectivity index (χ1n) is 9.66. The van der Waals surface area contributed by atoms with E-state index in [1.807, 2.05) is 27.7 Å². The molecule has 0 unspecified atom stereocenters. The quantitative estimate of drug-likeness (QED) is 0.623. The number of nitrogens with one attached hydrogen (secondary N) is 1. The van der Waals surface area contributed by atoms with Gasteiger partial charge in [-0.05, 0) is 52.1 Å². The Labute approximate surface area is 165 Å². The highest BCUT2D eigenvalue weighted by Crippen LogP contribution is 2.45. The minimum atomic E-state index is -3.13. The summed E-state index contributed by atoms with van der Waals surface area (Å²) in [4.78, 5) is 4.12. The number of hydrogen-bond donors (Lipinski definition) is 1. The van der Waals surface area contributed by atoms with E-state index in [1.54, 1.807) is 18.2 Å². The fraction of sp³-hybridized carbons (Fsp3) is 0.571. The summed E-state index contributed by atoms with van der Waals surface area (Å²) in [6.07, 6.45) is 3.25. The van der Waals surface area contributed by atoms with Crippen LogP contribution in [0.15, 0.2) is 23.2 Å². The summed E-state index contributed by atoms with van der Waals surface area (Å²) in [5, 5.41) is 2.99. The number of hydrogen-bond acceptors (Lipinski definition) is 4.